The lowest BCUT2D eigenvalue weighted by atomic mass is 10.0. The molecule has 3 heteroatoms. The molecule has 0 aromatic heterocycles. The molecule has 0 aliphatic heterocycles. The first-order chi connectivity index (χ1) is 10.1. The summed E-state index contributed by atoms with van der Waals surface area (Å²) in [5.41, 5.74) is 3.44. The highest BCUT2D eigenvalue weighted by Crippen LogP contribution is 2.17. The molecular formula is C18H19FN2. The van der Waals surface area contributed by atoms with Gasteiger partial charge in [-0.3, -0.25) is 0 Å². The third-order valence-corrected chi connectivity index (χ3v) is 3.25. The van der Waals surface area contributed by atoms with Crippen LogP contribution in [0, 0.1) is 23.1 Å². The molecule has 0 aliphatic carbocycles. The van der Waals surface area contributed by atoms with Gasteiger partial charge in [0.25, 0.3) is 0 Å². The van der Waals surface area contributed by atoms with Gasteiger partial charge < -0.3 is 5.32 Å². The normalized spacial score (nSPS) is 10.4. The van der Waals surface area contributed by atoms with Crippen LogP contribution in [0.5, 0.6) is 0 Å². The van der Waals surface area contributed by atoms with Crippen LogP contribution in [-0.4, -0.2) is 0 Å². The van der Waals surface area contributed by atoms with E-state index in [9.17, 15) is 4.39 Å². The van der Waals surface area contributed by atoms with E-state index >= 15 is 0 Å². The predicted molar refractivity (Wildman–Crippen MR) is 83.4 cm³/mol. The number of nitriles is 1. The first-order valence-corrected chi connectivity index (χ1v) is 7.10. The Balaban J connectivity index is 2.02. The van der Waals surface area contributed by atoms with E-state index < -0.39 is 5.82 Å². The Morgan fingerprint density at radius 3 is 2.38 bits per heavy atom. The fraction of sp³-hybridized carbons (Fsp3) is 0.278. The molecule has 21 heavy (non-hydrogen) atoms. The van der Waals surface area contributed by atoms with Crippen molar-refractivity contribution in [1.82, 2.24) is 0 Å². The molecule has 0 amide bonds. The molecule has 2 aromatic rings. The fourth-order valence-corrected chi connectivity index (χ4v) is 2.23. The molecule has 0 heterocycles. The second-order valence-corrected chi connectivity index (χ2v) is 5.57. The van der Waals surface area contributed by atoms with Crippen LogP contribution in [0.2, 0.25) is 0 Å². The molecule has 0 unspecified atom stereocenters. The van der Waals surface area contributed by atoms with Crippen LogP contribution < -0.4 is 5.32 Å². The van der Waals surface area contributed by atoms with Crippen LogP contribution in [0.4, 0.5) is 10.1 Å². The number of nitrogens with one attached hydrogen (secondary N) is 1. The minimum absolute atomic E-state index is 0.325. The van der Waals surface area contributed by atoms with E-state index in [-0.39, 0.29) is 0 Å². The van der Waals surface area contributed by atoms with Gasteiger partial charge in [0.05, 0.1) is 11.3 Å². The fourth-order valence-electron chi connectivity index (χ4n) is 2.23. The van der Waals surface area contributed by atoms with Crippen molar-refractivity contribution in [2.45, 2.75) is 26.8 Å². The van der Waals surface area contributed by atoms with Crippen LogP contribution >= 0.6 is 0 Å². The van der Waals surface area contributed by atoms with Gasteiger partial charge in [0.1, 0.15) is 11.9 Å². The number of hydrogen-bond acceptors (Lipinski definition) is 2. The largest absolute Gasteiger partial charge is 0.380 e. The molecule has 108 valence electrons. The van der Waals surface area contributed by atoms with Crippen molar-refractivity contribution in [3.05, 3.63) is 65.0 Å². The maximum atomic E-state index is 13.1. The molecule has 2 nitrogen and oxygen atoms in total. The van der Waals surface area contributed by atoms with Crippen molar-refractivity contribution in [1.29, 1.82) is 5.26 Å². The summed E-state index contributed by atoms with van der Waals surface area (Å²) in [6.45, 7) is 5.02. The lowest BCUT2D eigenvalue weighted by Crippen LogP contribution is -2.02. The monoisotopic (exact) mass is 282 g/mol. The zero-order valence-corrected chi connectivity index (χ0v) is 12.4. The van der Waals surface area contributed by atoms with Crippen LogP contribution in [0.3, 0.4) is 0 Å². The summed E-state index contributed by atoms with van der Waals surface area (Å²) in [4.78, 5) is 0. The Labute approximate surface area is 125 Å². The standard InChI is InChI=1S/C18H19FN2/c1-13(2)9-14-3-5-15(6-4-14)12-21-18-8-7-17(19)10-16(18)11-20/h3-8,10,13,21H,9,12H2,1-2H3. The SMILES string of the molecule is CC(C)Cc1ccc(CNc2ccc(F)cc2C#N)cc1. The smallest absolute Gasteiger partial charge is 0.124 e. The Hall–Kier alpha value is -2.34. The lowest BCUT2D eigenvalue weighted by Gasteiger charge is -2.10. The Kier molecular flexibility index (Phi) is 4.94. The number of hydrogen-bond donors (Lipinski definition) is 1. The number of nitrogens with zero attached hydrogens (tertiary/aromatic N) is 1. The van der Waals surface area contributed by atoms with Crippen molar-refractivity contribution >= 4 is 5.69 Å². The first kappa shape index (κ1) is 15.1. The topological polar surface area (TPSA) is 35.8 Å². The van der Waals surface area contributed by atoms with Gasteiger partial charge in [-0.2, -0.15) is 5.26 Å². The summed E-state index contributed by atoms with van der Waals surface area (Å²) in [5.74, 6) is 0.251. The molecule has 0 saturated heterocycles. The van der Waals surface area contributed by atoms with Crippen LogP contribution in [0.1, 0.15) is 30.5 Å². The summed E-state index contributed by atoms with van der Waals surface area (Å²) in [6.07, 6.45) is 1.07. The van der Waals surface area contributed by atoms with E-state index in [1.54, 1.807) is 6.07 Å². The lowest BCUT2D eigenvalue weighted by molar-refractivity contribution is 0.627. The first-order valence-electron chi connectivity index (χ1n) is 7.10. The third kappa shape index (κ3) is 4.32. The highest BCUT2D eigenvalue weighted by Gasteiger charge is 2.04. The summed E-state index contributed by atoms with van der Waals surface area (Å²) in [6, 6.07) is 14.6. The van der Waals surface area contributed by atoms with Crippen molar-refractivity contribution in [3.63, 3.8) is 0 Å². The van der Waals surface area contributed by atoms with Crippen LogP contribution in [-0.2, 0) is 13.0 Å². The minimum atomic E-state index is -0.393. The van der Waals surface area contributed by atoms with Crippen molar-refractivity contribution in [2.24, 2.45) is 5.92 Å². The molecule has 0 bridgehead atoms. The van der Waals surface area contributed by atoms with Crippen molar-refractivity contribution in [3.8, 4) is 6.07 Å². The van der Waals surface area contributed by atoms with Crippen molar-refractivity contribution < 1.29 is 4.39 Å². The quantitative estimate of drug-likeness (QED) is 0.876. The molecule has 0 radical (unpaired) electrons. The second kappa shape index (κ2) is 6.90. The molecule has 2 rings (SSSR count). The van der Waals surface area contributed by atoms with Gasteiger partial charge in [-0.25, -0.2) is 4.39 Å². The Bertz CT molecular complexity index is 639. The molecular weight excluding hydrogens is 263 g/mol. The minimum Gasteiger partial charge on any atom is -0.380 e. The van der Waals surface area contributed by atoms with Gasteiger partial charge in [0, 0.05) is 6.54 Å². The average Bonchev–Trinajstić information content (AvgIpc) is 2.46. The maximum absolute atomic E-state index is 13.1. The molecule has 0 saturated carbocycles. The second-order valence-electron chi connectivity index (χ2n) is 5.57. The summed E-state index contributed by atoms with van der Waals surface area (Å²) < 4.78 is 13.1. The summed E-state index contributed by atoms with van der Waals surface area (Å²) >= 11 is 0. The van der Waals surface area contributed by atoms with Gasteiger partial charge in [-0.05, 0) is 41.7 Å². The van der Waals surface area contributed by atoms with Gasteiger partial charge in [0.15, 0.2) is 0 Å². The van der Waals surface area contributed by atoms with E-state index in [1.165, 1.54) is 17.7 Å². The molecule has 0 fully saturated rings. The molecule has 2 aromatic carbocycles. The Morgan fingerprint density at radius 2 is 1.76 bits per heavy atom. The van der Waals surface area contributed by atoms with Gasteiger partial charge in [0.2, 0.25) is 0 Å². The van der Waals surface area contributed by atoms with Gasteiger partial charge in [-0.15, -0.1) is 0 Å². The maximum Gasteiger partial charge on any atom is 0.124 e. The summed E-state index contributed by atoms with van der Waals surface area (Å²) in [5, 5.41) is 12.2. The number of benzene rings is 2. The summed E-state index contributed by atoms with van der Waals surface area (Å²) in [7, 11) is 0. The molecule has 0 aliphatic rings. The van der Waals surface area contributed by atoms with E-state index in [4.69, 9.17) is 5.26 Å². The van der Waals surface area contributed by atoms with E-state index in [2.05, 4.69) is 43.4 Å². The highest BCUT2D eigenvalue weighted by atomic mass is 19.1. The zero-order valence-electron chi connectivity index (χ0n) is 12.4. The Morgan fingerprint density at radius 1 is 1.10 bits per heavy atom. The average molecular weight is 282 g/mol. The van der Waals surface area contributed by atoms with E-state index in [1.807, 2.05) is 6.07 Å². The van der Waals surface area contributed by atoms with E-state index in [0.717, 1.165) is 12.0 Å². The number of rotatable bonds is 5. The molecule has 0 spiro atoms. The highest BCUT2D eigenvalue weighted by molar-refractivity contribution is 5.57. The molecule has 0 atom stereocenters. The van der Waals surface area contributed by atoms with Gasteiger partial charge in [-0.1, -0.05) is 38.1 Å². The van der Waals surface area contributed by atoms with Crippen LogP contribution in [0.25, 0.3) is 0 Å². The van der Waals surface area contributed by atoms with Crippen molar-refractivity contribution in [2.75, 3.05) is 5.32 Å². The van der Waals surface area contributed by atoms with E-state index in [0.29, 0.717) is 23.7 Å². The number of halogens is 1. The van der Waals surface area contributed by atoms with Gasteiger partial charge >= 0.3 is 0 Å². The molecule has 1 N–H and O–H groups in total. The van der Waals surface area contributed by atoms with Crippen LogP contribution in [0.15, 0.2) is 42.5 Å². The number of anilines is 1. The predicted octanol–water partition coefficient (Wildman–Crippen LogP) is 4.51. The third-order valence-electron chi connectivity index (χ3n) is 3.25. The zero-order chi connectivity index (χ0) is 15.2.